The van der Waals surface area contributed by atoms with Crippen molar-refractivity contribution in [1.29, 1.82) is 0 Å². The second-order valence-corrected chi connectivity index (χ2v) is 1.05. The molecule has 0 amide bonds. The fourth-order valence-electron chi connectivity index (χ4n) is 0.296. The van der Waals surface area contributed by atoms with E-state index in [1.807, 2.05) is 0 Å². The van der Waals surface area contributed by atoms with E-state index in [1.54, 1.807) is 6.92 Å². The first-order valence-corrected chi connectivity index (χ1v) is 2.02. The Hall–Kier alpha value is -1.37. The monoisotopic (exact) mass is 107 g/mol. The van der Waals surface area contributed by atoms with Gasteiger partial charge in [0.25, 0.3) is 0 Å². The third-order valence-corrected chi connectivity index (χ3v) is 0.531. The lowest BCUT2D eigenvalue weighted by Gasteiger charge is -1.71. The normalized spacial score (nSPS) is 7.62. The summed E-state index contributed by atoms with van der Waals surface area (Å²) in [6.07, 6.45) is 2.41. The summed E-state index contributed by atoms with van der Waals surface area (Å²) >= 11 is 0. The van der Waals surface area contributed by atoms with Crippen LogP contribution in [0.3, 0.4) is 0 Å². The Balaban J connectivity index is 2.88. The quantitative estimate of drug-likeness (QED) is 0.412. The average Bonchev–Trinajstić information content (AvgIpc) is 2.19. The van der Waals surface area contributed by atoms with Gasteiger partial charge in [-0.1, -0.05) is 5.92 Å². The van der Waals surface area contributed by atoms with Crippen molar-refractivity contribution < 1.29 is 0 Å². The molecule has 1 heterocycles. The third-order valence-electron chi connectivity index (χ3n) is 0.531. The number of aromatic nitrogens is 4. The van der Waals surface area contributed by atoms with E-state index in [1.165, 1.54) is 4.68 Å². The van der Waals surface area contributed by atoms with Crippen molar-refractivity contribution in [3.05, 3.63) is 6.33 Å². The molecule has 0 aliphatic rings. The Morgan fingerprint density at radius 2 is 2.50 bits per heavy atom. The van der Waals surface area contributed by atoms with Crippen LogP contribution >= 0.6 is 0 Å². The van der Waals surface area contributed by atoms with E-state index in [9.17, 15) is 0 Å². The van der Waals surface area contributed by atoms with Crippen LogP contribution in [0.2, 0.25) is 0 Å². The minimum atomic E-state index is 1.22. The maximum Gasteiger partial charge on any atom is 0.236 e. The summed E-state index contributed by atoms with van der Waals surface area (Å²) in [7, 11) is 0. The van der Waals surface area contributed by atoms with Gasteiger partial charge >= 0.3 is 0 Å². The van der Waals surface area contributed by atoms with E-state index < -0.39 is 0 Å². The van der Waals surface area contributed by atoms with Crippen LogP contribution in [0.25, 0.3) is 0 Å². The summed E-state index contributed by atoms with van der Waals surface area (Å²) in [5.74, 6) is 2.61. The largest absolute Gasteiger partial charge is 0.236 e. The van der Waals surface area contributed by atoms with Crippen LogP contribution in [0.5, 0.6) is 0 Å². The molecule has 0 atom stereocenters. The Morgan fingerprint density at radius 1 is 1.62 bits per heavy atom. The fourth-order valence-corrected chi connectivity index (χ4v) is 0.296. The first kappa shape index (κ1) is 4.78. The van der Waals surface area contributed by atoms with Crippen LogP contribution in [0, 0.1) is 18.3 Å². The Bertz CT molecular complexity index is 202. The van der Waals surface area contributed by atoms with Crippen molar-refractivity contribution in [2.75, 3.05) is 0 Å². The lowest BCUT2D eigenvalue weighted by molar-refractivity contribution is 0.807. The topological polar surface area (TPSA) is 43.6 Å². The smallest absolute Gasteiger partial charge is 0.145 e. The molecule has 0 N–H and O–H groups in total. The molecule has 1 aromatic heterocycles. The first-order valence-electron chi connectivity index (χ1n) is 2.02. The van der Waals surface area contributed by atoms with Crippen molar-refractivity contribution in [1.82, 2.24) is 20.2 Å². The zero-order chi connectivity index (χ0) is 5.82. The average molecular weight is 107 g/mol. The summed E-state index contributed by atoms with van der Waals surface area (Å²) in [6, 6.07) is 2.56. The number of tetrazole rings is 1. The predicted molar refractivity (Wildman–Crippen MR) is 25.5 cm³/mol. The van der Waals surface area contributed by atoms with Crippen molar-refractivity contribution in [3.63, 3.8) is 0 Å². The summed E-state index contributed by atoms with van der Waals surface area (Å²) in [5.41, 5.74) is 0. The maximum atomic E-state index is 3.43. The van der Waals surface area contributed by atoms with Crippen molar-refractivity contribution in [2.45, 2.75) is 6.92 Å². The molecule has 0 fully saturated rings. The van der Waals surface area contributed by atoms with Crippen LogP contribution in [-0.2, 0) is 0 Å². The molecular formula is C4H3N4. The van der Waals surface area contributed by atoms with E-state index in [0.29, 0.717) is 0 Å². The minimum absolute atomic E-state index is 1.22. The zero-order valence-corrected chi connectivity index (χ0v) is 4.29. The molecule has 4 heteroatoms. The molecule has 0 unspecified atom stereocenters. The van der Waals surface area contributed by atoms with Crippen LogP contribution in [0.4, 0.5) is 0 Å². The van der Waals surface area contributed by atoms with Gasteiger partial charge in [0.05, 0.1) is 0 Å². The molecule has 0 saturated heterocycles. The molecule has 8 heavy (non-hydrogen) atoms. The molecule has 0 saturated carbocycles. The minimum Gasteiger partial charge on any atom is -0.145 e. The van der Waals surface area contributed by atoms with Gasteiger partial charge in [-0.05, 0) is 17.4 Å². The van der Waals surface area contributed by atoms with Crippen LogP contribution < -0.4 is 0 Å². The highest BCUT2D eigenvalue weighted by molar-refractivity contribution is 4.93. The maximum absolute atomic E-state index is 3.43. The SMILES string of the molecule is CC#Cn1[c]nnn1. The third kappa shape index (κ3) is 0.819. The molecule has 1 radical (unpaired) electrons. The van der Waals surface area contributed by atoms with Crippen molar-refractivity contribution in [3.8, 4) is 12.0 Å². The van der Waals surface area contributed by atoms with Gasteiger partial charge in [-0.2, -0.15) is 0 Å². The number of hydrogen-bond donors (Lipinski definition) is 0. The molecule has 1 aromatic rings. The van der Waals surface area contributed by atoms with Gasteiger partial charge in [0.15, 0.2) is 0 Å². The van der Waals surface area contributed by atoms with Gasteiger partial charge in [0, 0.05) is 6.04 Å². The molecule has 1 rings (SSSR count). The summed E-state index contributed by atoms with van der Waals surface area (Å²) in [5, 5.41) is 9.99. The fraction of sp³-hybridized carbons (Fsp3) is 0.250. The number of nitrogens with zero attached hydrogens (tertiary/aromatic N) is 4. The van der Waals surface area contributed by atoms with E-state index in [-0.39, 0.29) is 0 Å². The Labute approximate surface area is 46.5 Å². The number of hydrogen-bond acceptors (Lipinski definition) is 3. The van der Waals surface area contributed by atoms with Crippen molar-refractivity contribution in [2.24, 2.45) is 0 Å². The molecule has 4 nitrogen and oxygen atoms in total. The summed E-state index contributed by atoms with van der Waals surface area (Å²) in [6.45, 7) is 1.70. The highest BCUT2D eigenvalue weighted by atomic mass is 15.5. The van der Waals surface area contributed by atoms with Crippen LogP contribution in [0.15, 0.2) is 0 Å². The lowest BCUT2D eigenvalue weighted by Crippen LogP contribution is -1.87. The Kier molecular flexibility index (Phi) is 1.24. The molecule has 0 aliphatic carbocycles. The Morgan fingerprint density at radius 3 is 3.00 bits per heavy atom. The molecular weight excluding hydrogens is 104 g/mol. The number of rotatable bonds is 0. The van der Waals surface area contributed by atoms with Gasteiger partial charge in [-0.25, -0.2) is 0 Å². The predicted octanol–water partition coefficient (Wildman–Crippen LogP) is -0.698. The molecule has 0 aliphatic heterocycles. The van der Waals surface area contributed by atoms with Gasteiger partial charge in [0.2, 0.25) is 6.33 Å². The summed E-state index contributed by atoms with van der Waals surface area (Å²) < 4.78 is 1.22. The van der Waals surface area contributed by atoms with Gasteiger partial charge in [0.1, 0.15) is 0 Å². The molecule has 0 spiro atoms. The van der Waals surface area contributed by atoms with E-state index in [0.717, 1.165) is 0 Å². The van der Waals surface area contributed by atoms with Crippen molar-refractivity contribution >= 4 is 0 Å². The van der Waals surface area contributed by atoms with Crippen LogP contribution in [0.1, 0.15) is 6.92 Å². The highest BCUT2D eigenvalue weighted by Crippen LogP contribution is 1.63. The second kappa shape index (κ2) is 2.07. The van der Waals surface area contributed by atoms with Gasteiger partial charge < -0.3 is 0 Å². The van der Waals surface area contributed by atoms with Gasteiger partial charge in [-0.15, -0.1) is 9.78 Å². The van der Waals surface area contributed by atoms with Gasteiger partial charge in [-0.3, -0.25) is 0 Å². The van der Waals surface area contributed by atoms with E-state index in [4.69, 9.17) is 0 Å². The molecule has 0 bridgehead atoms. The standard InChI is InChI=1S/C4H3N4/c1-2-3-8-4-5-6-7-8/h1H3. The lowest BCUT2D eigenvalue weighted by atomic mass is 10.8. The molecule has 0 aromatic carbocycles. The van der Waals surface area contributed by atoms with Crippen LogP contribution in [-0.4, -0.2) is 20.2 Å². The second-order valence-electron chi connectivity index (χ2n) is 1.05. The summed E-state index contributed by atoms with van der Waals surface area (Å²) in [4.78, 5) is 0. The first-order chi connectivity index (χ1) is 3.93. The zero-order valence-electron chi connectivity index (χ0n) is 4.29. The van der Waals surface area contributed by atoms with E-state index >= 15 is 0 Å². The van der Waals surface area contributed by atoms with E-state index in [2.05, 4.69) is 33.8 Å². The molecule has 39 valence electrons. The highest BCUT2D eigenvalue weighted by Gasteiger charge is 1.80.